The van der Waals surface area contributed by atoms with E-state index in [2.05, 4.69) is 93.8 Å². The van der Waals surface area contributed by atoms with E-state index in [0.717, 1.165) is 47.8 Å². The van der Waals surface area contributed by atoms with E-state index < -0.39 is 16.6 Å². The lowest BCUT2D eigenvalue weighted by Gasteiger charge is -2.51. The van der Waals surface area contributed by atoms with E-state index in [1.165, 1.54) is 5.56 Å². The van der Waals surface area contributed by atoms with E-state index in [0.29, 0.717) is 0 Å². The van der Waals surface area contributed by atoms with Crippen molar-refractivity contribution in [3.63, 3.8) is 0 Å². The predicted molar refractivity (Wildman–Crippen MR) is 152 cm³/mol. The van der Waals surface area contributed by atoms with Crippen LogP contribution in [0.25, 0.3) is 0 Å². The molecule has 5 nitrogen and oxygen atoms in total. The van der Waals surface area contributed by atoms with Gasteiger partial charge >= 0.3 is 0 Å². The van der Waals surface area contributed by atoms with Crippen molar-refractivity contribution < 1.29 is 18.3 Å². The summed E-state index contributed by atoms with van der Waals surface area (Å²) in [4.78, 5) is 0. The van der Waals surface area contributed by atoms with Gasteiger partial charge in [0, 0.05) is 22.2 Å². The fraction of sp³-hybridized carbons (Fsp3) is 0.786. The van der Waals surface area contributed by atoms with Gasteiger partial charge in [-0.3, -0.25) is 0 Å². The Kier molecular flexibility index (Phi) is 7.39. The Balaban J connectivity index is 2.25. The Morgan fingerprint density at radius 3 is 1.71 bits per heavy atom. The van der Waals surface area contributed by atoms with Crippen LogP contribution in [0.3, 0.4) is 0 Å². The molecule has 0 saturated carbocycles. The molecule has 0 amide bonds. The summed E-state index contributed by atoms with van der Waals surface area (Å²) in [5.74, 6) is 1.90. The molecular weight excluding hydrogens is 470 g/mol. The molecule has 0 bridgehead atoms. The Labute approximate surface area is 216 Å². The van der Waals surface area contributed by atoms with Crippen LogP contribution in [0.15, 0.2) is 0 Å². The first-order valence-electron chi connectivity index (χ1n) is 13.2. The van der Waals surface area contributed by atoms with Gasteiger partial charge in [0.2, 0.25) is 0 Å². The average Bonchev–Trinajstić information content (AvgIpc) is 2.67. The number of hydrogen-bond donors (Lipinski definition) is 1. The van der Waals surface area contributed by atoms with Crippen LogP contribution in [0.4, 0.5) is 5.69 Å². The third-order valence-corrected chi connectivity index (χ3v) is 17.3. The molecule has 0 spiro atoms. The third-order valence-electron chi connectivity index (χ3n) is 8.40. The van der Waals surface area contributed by atoms with Gasteiger partial charge < -0.3 is 23.6 Å². The molecule has 1 N–H and O–H groups in total. The highest BCUT2D eigenvalue weighted by Gasteiger charge is 2.54. The molecule has 200 valence electrons. The van der Waals surface area contributed by atoms with Crippen molar-refractivity contribution in [1.82, 2.24) is 0 Å². The summed E-state index contributed by atoms with van der Waals surface area (Å²) in [6, 6.07) is 0. The summed E-state index contributed by atoms with van der Waals surface area (Å²) in [6.07, 6.45) is 1.68. The summed E-state index contributed by atoms with van der Waals surface area (Å²) in [7, 11) is -2.37. The number of hydrogen-bond acceptors (Lipinski definition) is 5. The molecule has 1 aliphatic carbocycles. The van der Waals surface area contributed by atoms with E-state index in [1.54, 1.807) is 7.11 Å². The highest BCUT2D eigenvalue weighted by molar-refractivity contribution is 6.74. The van der Waals surface area contributed by atoms with Crippen LogP contribution in [0.2, 0.25) is 36.3 Å². The Morgan fingerprint density at radius 2 is 1.29 bits per heavy atom. The quantitative estimate of drug-likeness (QED) is 0.381. The molecule has 35 heavy (non-hydrogen) atoms. The first kappa shape index (κ1) is 28.5. The molecule has 0 fully saturated rings. The predicted octanol–water partition coefficient (Wildman–Crippen LogP) is 8.37. The second-order valence-electron chi connectivity index (χ2n) is 14.5. The molecule has 0 saturated heterocycles. The maximum Gasteiger partial charge on any atom is 0.193 e. The first-order valence-corrected chi connectivity index (χ1v) is 19.1. The zero-order chi connectivity index (χ0) is 26.8. The number of anilines is 1. The minimum Gasteiger partial charge on any atom is -0.494 e. The van der Waals surface area contributed by atoms with E-state index in [4.69, 9.17) is 18.3 Å². The molecule has 1 aromatic rings. The average molecular weight is 522 g/mol. The van der Waals surface area contributed by atoms with E-state index in [9.17, 15) is 0 Å². The van der Waals surface area contributed by atoms with Gasteiger partial charge in [-0.1, -0.05) is 41.5 Å². The van der Waals surface area contributed by atoms with Crippen LogP contribution in [0.1, 0.15) is 97.6 Å². The number of fused-ring (bicyclic) bond motifs is 3. The first-order chi connectivity index (χ1) is 15.7. The Hall–Kier alpha value is -1.03. The van der Waals surface area contributed by atoms with Gasteiger partial charge in [0.1, 0.15) is 23.7 Å². The molecule has 1 aromatic carbocycles. The summed E-state index contributed by atoms with van der Waals surface area (Å²) in [5, 5.41) is 3.94. The van der Waals surface area contributed by atoms with E-state index in [-0.39, 0.29) is 27.8 Å². The summed E-state index contributed by atoms with van der Waals surface area (Å²) in [6.45, 7) is 30.4. The van der Waals surface area contributed by atoms with Crippen molar-refractivity contribution in [3.05, 3.63) is 16.7 Å². The summed E-state index contributed by atoms with van der Waals surface area (Å²) in [5.41, 5.74) is 4.45. The topological polar surface area (TPSA) is 49.0 Å². The Bertz CT molecular complexity index is 952. The Morgan fingerprint density at radius 1 is 0.800 bits per heavy atom. The zero-order valence-electron chi connectivity index (χ0n) is 24.9. The van der Waals surface area contributed by atoms with Crippen LogP contribution in [0, 0.1) is 0 Å². The van der Waals surface area contributed by atoms with Crippen molar-refractivity contribution in [2.45, 2.75) is 129 Å². The van der Waals surface area contributed by atoms with Gasteiger partial charge in [0.15, 0.2) is 16.6 Å². The lowest BCUT2D eigenvalue weighted by molar-refractivity contribution is -0.000917. The standard InChI is InChI=1S/C28H51NO4Si2/c1-26(2,3)29-21-18-16-15-17-31-22(18)19-20(23(21)30-10)25(33-35(13,14)28(7,8)9)24(19)32-34(11,12)27(4,5)6/h24-25,29H,15-17H2,1-14H3/t24-,25-/m0/s1. The molecule has 3 rings (SSSR count). The van der Waals surface area contributed by atoms with Crippen molar-refractivity contribution in [3.8, 4) is 11.5 Å². The number of methoxy groups -OCH3 is 1. The monoisotopic (exact) mass is 521 g/mol. The largest absolute Gasteiger partial charge is 0.494 e. The zero-order valence-corrected chi connectivity index (χ0v) is 26.9. The highest BCUT2D eigenvalue weighted by atomic mass is 28.4. The fourth-order valence-corrected chi connectivity index (χ4v) is 6.80. The third kappa shape index (κ3) is 5.34. The highest BCUT2D eigenvalue weighted by Crippen LogP contribution is 2.63. The maximum absolute atomic E-state index is 7.13. The van der Waals surface area contributed by atoms with Gasteiger partial charge in [-0.25, -0.2) is 0 Å². The lowest BCUT2D eigenvalue weighted by Crippen LogP contribution is -2.49. The summed E-state index contributed by atoms with van der Waals surface area (Å²) >= 11 is 0. The lowest BCUT2D eigenvalue weighted by atomic mass is 9.77. The molecule has 2 atom stereocenters. The van der Waals surface area contributed by atoms with Gasteiger partial charge in [-0.05, 0) is 69.9 Å². The number of rotatable bonds is 6. The molecule has 2 aliphatic rings. The molecule has 0 aromatic heterocycles. The number of nitrogens with one attached hydrogen (secondary N) is 1. The second kappa shape index (κ2) is 9.07. The van der Waals surface area contributed by atoms with Crippen molar-refractivity contribution in [2.24, 2.45) is 0 Å². The molecule has 1 heterocycles. The van der Waals surface area contributed by atoms with Crippen LogP contribution in [0.5, 0.6) is 11.5 Å². The number of benzene rings is 1. The van der Waals surface area contributed by atoms with E-state index >= 15 is 0 Å². The van der Waals surface area contributed by atoms with Crippen LogP contribution in [-0.4, -0.2) is 35.9 Å². The molecule has 0 unspecified atom stereocenters. The van der Waals surface area contributed by atoms with Crippen LogP contribution < -0.4 is 14.8 Å². The van der Waals surface area contributed by atoms with Crippen molar-refractivity contribution >= 4 is 22.3 Å². The summed E-state index contributed by atoms with van der Waals surface area (Å²) < 4.78 is 26.8. The SMILES string of the molecule is COc1c(NC(C)(C)C)c2c(c3c1[C@H](O[Si](C)(C)C(C)(C)C)[C@H]3O[Si](C)(C)C(C)(C)C)OCCC2. The second-order valence-corrected chi connectivity index (χ2v) is 24.0. The molecule has 7 heteroatoms. The minimum atomic E-state index is -2.09. The minimum absolute atomic E-state index is 0.0920. The number of ether oxygens (including phenoxy) is 2. The molecule has 1 aliphatic heterocycles. The van der Waals surface area contributed by atoms with Gasteiger partial charge in [-0.2, -0.15) is 0 Å². The van der Waals surface area contributed by atoms with Crippen LogP contribution in [-0.2, 0) is 15.3 Å². The smallest absolute Gasteiger partial charge is 0.193 e. The molecule has 0 radical (unpaired) electrons. The van der Waals surface area contributed by atoms with E-state index in [1.807, 2.05) is 0 Å². The van der Waals surface area contributed by atoms with Crippen LogP contribution >= 0.6 is 0 Å². The maximum atomic E-state index is 7.13. The fourth-order valence-electron chi connectivity index (χ4n) is 4.34. The molecular formula is C28H51NO4Si2. The van der Waals surface area contributed by atoms with Crippen molar-refractivity contribution in [1.29, 1.82) is 0 Å². The van der Waals surface area contributed by atoms with Crippen molar-refractivity contribution in [2.75, 3.05) is 19.0 Å². The normalized spacial score (nSPS) is 21.0. The van der Waals surface area contributed by atoms with Gasteiger partial charge in [0.05, 0.1) is 19.4 Å². The van der Waals surface area contributed by atoms with Gasteiger partial charge in [-0.15, -0.1) is 0 Å². The van der Waals surface area contributed by atoms with Gasteiger partial charge in [0.25, 0.3) is 0 Å².